The molecule has 2 aromatic rings. The van der Waals surface area contributed by atoms with Crippen molar-refractivity contribution in [2.75, 3.05) is 0 Å². The lowest BCUT2D eigenvalue weighted by atomic mass is 9.92. The summed E-state index contributed by atoms with van der Waals surface area (Å²) < 4.78 is 5.50. The Morgan fingerprint density at radius 1 is 0.867 bits per heavy atom. The summed E-state index contributed by atoms with van der Waals surface area (Å²) in [6, 6.07) is 14.9. The maximum Gasteiger partial charge on any atom is 0.343 e. The number of carbonyl (C=O) groups excluding carboxylic acids is 1. The van der Waals surface area contributed by atoms with Crippen LogP contribution in [0.3, 0.4) is 0 Å². The molecule has 0 fully saturated rings. The van der Waals surface area contributed by atoms with Gasteiger partial charge in [0, 0.05) is 0 Å². The van der Waals surface area contributed by atoms with Crippen LogP contribution in [0.25, 0.3) is 0 Å². The molecule has 0 aliphatic carbocycles. The van der Waals surface area contributed by atoms with Crippen molar-refractivity contribution in [2.24, 2.45) is 5.92 Å². The zero-order valence-electron chi connectivity index (χ0n) is 18.9. The van der Waals surface area contributed by atoms with Gasteiger partial charge >= 0.3 is 5.97 Å². The molecule has 0 radical (unpaired) electrons. The van der Waals surface area contributed by atoms with Crippen LogP contribution in [0, 0.1) is 5.92 Å². The van der Waals surface area contributed by atoms with Crippen molar-refractivity contribution < 1.29 is 14.6 Å². The van der Waals surface area contributed by atoms with Crippen molar-refractivity contribution in [2.45, 2.75) is 84.7 Å². The maximum absolute atomic E-state index is 12.4. The molecule has 0 aromatic heterocycles. The first-order chi connectivity index (χ1) is 14.5. The summed E-state index contributed by atoms with van der Waals surface area (Å²) in [6.45, 7) is 6.49. The summed E-state index contributed by atoms with van der Waals surface area (Å²) in [5.41, 5.74) is 2.62. The number of esters is 1. The first-order valence-corrected chi connectivity index (χ1v) is 11.6. The average Bonchev–Trinajstić information content (AvgIpc) is 2.77. The highest BCUT2D eigenvalue weighted by Crippen LogP contribution is 2.27. The molecule has 0 spiro atoms. The first kappa shape index (κ1) is 24.1. The lowest BCUT2D eigenvalue weighted by Crippen LogP contribution is -2.11. The number of rotatable bonds is 13. The summed E-state index contributed by atoms with van der Waals surface area (Å²) in [5, 5.41) is 10.6. The smallest absolute Gasteiger partial charge is 0.343 e. The van der Waals surface area contributed by atoms with Gasteiger partial charge < -0.3 is 9.84 Å². The van der Waals surface area contributed by atoms with Gasteiger partial charge in [-0.3, -0.25) is 0 Å². The van der Waals surface area contributed by atoms with Crippen LogP contribution < -0.4 is 4.74 Å². The van der Waals surface area contributed by atoms with Crippen LogP contribution in [0.2, 0.25) is 0 Å². The molecule has 2 rings (SSSR count). The fourth-order valence-corrected chi connectivity index (χ4v) is 3.67. The molecule has 164 valence electrons. The summed E-state index contributed by atoms with van der Waals surface area (Å²) in [4.78, 5) is 12.4. The fourth-order valence-electron chi connectivity index (χ4n) is 3.67. The molecule has 0 heterocycles. The molecule has 3 nitrogen and oxygen atoms in total. The largest absolute Gasteiger partial charge is 0.423 e. The van der Waals surface area contributed by atoms with Gasteiger partial charge in [0.25, 0.3) is 0 Å². The number of aryl methyl sites for hydroxylation is 1. The Bertz CT molecular complexity index is 734. The molecule has 30 heavy (non-hydrogen) atoms. The maximum atomic E-state index is 12.4. The van der Waals surface area contributed by atoms with Gasteiger partial charge in [-0.2, -0.15) is 0 Å². The number of hydrogen-bond acceptors (Lipinski definition) is 3. The monoisotopic (exact) mass is 410 g/mol. The second-order valence-corrected chi connectivity index (χ2v) is 8.38. The number of benzene rings is 2. The highest BCUT2D eigenvalue weighted by molar-refractivity contribution is 5.91. The molecule has 0 aliphatic rings. The van der Waals surface area contributed by atoms with E-state index in [2.05, 4.69) is 20.8 Å². The van der Waals surface area contributed by atoms with E-state index in [1.807, 2.05) is 36.4 Å². The van der Waals surface area contributed by atoms with Gasteiger partial charge in [-0.05, 0) is 60.6 Å². The van der Waals surface area contributed by atoms with Crippen molar-refractivity contribution >= 4 is 5.97 Å². The Morgan fingerprint density at radius 3 is 2.13 bits per heavy atom. The van der Waals surface area contributed by atoms with E-state index < -0.39 is 6.10 Å². The van der Waals surface area contributed by atoms with Crippen molar-refractivity contribution in [3.05, 3.63) is 65.2 Å². The summed E-state index contributed by atoms with van der Waals surface area (Å²) in [5.74, 6) is 0.391. The first-order valence-electron chi connectivity index (χ1n) is 11.6. The van der Waals surface area contributed by atoms with Gasteiger partial charge in [-0.25, -0.2) is 4.79 Å². The predicted octanol–water partition coefficient (Wildman–Crippen LogP) is 7.28. The SMILES string of the molecule is CCCCCCC(C)C(O)c1ccc(C(=O)Oc2ccc(CCCCC)cc2)cc1. The highest BCUT2D eigenvalue weighted by atomic mass is 16.5. The molecular formula is C27H38O3. The topological polar surface area (TPSA) is 46.5 Å². The molecule has 0 saturated carbocycles. The van der Waals surface area contributed by atoms with Crippen molar-refractivity contribution in [1.82, 2.24) is 0 Å². The summed E-state index contributed by atoms with van der Waals surface area (Å²) in [6.07, 6.45) is 10.0. The zero-order valence-corrected chi connectivity index (χ0v) is 18.9. The zero-order chi connectivity index (χ0) is 21.8. The van der Waals surface area contributed by atoms with E-state index >= 15 is 0 Å². The van der Waals surface area contributed by atoms with Crippen LogP contribution in [0.5, 0.6) is 5.75 Å². The summed E-state index contributed by atoms with van der Waals surface area (Å²) >= 11 is 0. The van der Waals surface area contributed by atoms with E-state index in [1.165, 1.54) is 44.1 Å². The molecule has 1 N–H and O–H groups in total. The van der Waals surface area contributed by atoms with E-state index in [9.17, 15) is 9.90 Å². The van der Waals surface area contributed by atoms with E-state index in [4.69, 9.17) is 4.74 Å². The van der Waals surface area contributed by atoms with E-state index in [0.717, 1.165) is 24.8 Å². The van der Waals surface area contributed by atoms with Gasteiger partial charge in [0.05, 0.1) is 11.7 Å². The van der Waals surface area contributed by atoms with E-state index in [1.54, 1.807) is 12.1 Å². The molecule has 0 bridgehead atoms. The fraction of sp³-hybridized carbons (Fsp3) is 0.519. The second-order valence-electron chi connectivity index (χ2n) is 8.38. The number of hydrogen-bond donors (Lipinski definition) is 1. The minimum Gasteiger partial charge on any atom is -0.423 e. The van der Waals surface area contributed by atoms with Crippen molar-refractivity contribution in [3.63, 3.8) is 0 Å². The van der Waals surface area contributed by atoms with Gasteiger partial charge in [0.2, 0.25) is 0 Å². The predicted molar refractivity (Wildman–Crippen MR) is 124 cm³/mol. The Labute approximate surface area is 182 Å². The van der Waals surface area contributed by atoms with Gasteiger partial charge in [-0.1, -0.05) is 83.6 Å². The van der Waals surface area contributed by atoms with Gasteiger partial charge in [0.1, 0.15) is 5.75 Å². The molecule has 2 aromatic carbocycles. The molecular weight excluding hydrogens is 372 g/mol. The molecule has 3 heteroatoms. The molecule has 2 unspecified atom stereocenters. The quantitative estimate of drug-likeness (QED) is 0.214. The van der Waals surface area contributed by atoms with Crippen LogP contribution in [0.15, 0.2) is 48.5 Å². The van der Waals surface area contributed by atoms with Gasteiger partial charge in [0.15, 0.2) is 0 Å². The minimum atomic E-state index is -0.503. The lowest BCUT2D eigenvalue weighted by molar-refractivity contribution is 0.0734. The van der Waals surface area contributed by atoms with Crippen LogP contribution in [0.1, 0.15) is 99.7 Å². The average molecular weight is 411 g/mol. The molecule has 2 atom stereocenters. The molecule has 0 aliphatic heterocycles. The number of ether oxygens (including phenoxy) is 1. The van der Waals surface area contributed by atoms with E-state index in [0.29, 0.717) is 11.3 Å². The summed E-state index contributed by atoms with van der Waals surface area (Å²) in [7, 11) is 0. The Kier molecular flexibility index (Phi) is 10.6. The highest BCUT2D eigenvalue weighted by Gasteiger charge is 2.17. The number of aliphatic hydroxyl groups excluding tert-OH is 1. The normalized spacial score (nSPS) is 13.1. The third kappa shape index (κ3) is 7.95. The minimum absolute atomic E-state index is 0.204. The van der Waals surface area contributed by atoms with E-state index in [-0.39, 0.29) is 11.9 Å². The van der Waals surface area contributed by atoms with Gasteiger partial charge in [-0.15, -0.1) is 0 Å². The van der Waals surface area contributed by atoms with Crippen molar-refractivity contribution in [3.8, 4) is 5.75 Å². The Morgan fingerprint density at radius 2 is 1.50 bits per heavy atom. The third-order valence-electron chi connectivity index (χ3n) is 5.74. The standard InChI is InChI=1S/C27H38O3/c1-4-6-8-10-11-21(3)26(28)23-15-17-24(18-16-23)27(29)30-25-19-13-22(14-20-25)12-9-7-5-2/h13-21,26,28H,4-12H2,1-3H3. The second kappa shape index (κ2) is 13.2. The van der Waals surface area contributed by atoms with Crippen LogP contribution >= 0.6 is 0 Å². The van der Waals surface area contributed by atoms with Crippen LogP contribution in [0.4, 0.5) is 0 Å². The van der Waals surface area contributed by atoms with Crippen LogP contribution in [-0.2, 0) is 6.42 Å². The van der Waals surface area contributed by atoms with Crippen LogP contribution in [-0.4, -0.2) is 11.1 Å². The number of unbranched alkanes of at least 4 members (excludes halogenated alkanes) is 5. The lowest BCUT2D eigenvalue weighted by Gasteiger charge is -2.19. The molecule has 0 saturated heterocycles. The van der Waals surface area contributed by atoms with Crippen molar-refractivity contribution in [1.29, 1.82) is 0 Å². The molecule has 0 amide bonds. The third-order valence-corrected chi connectivity index (χ3v) is 5.74. The number of aliphatic hydroxyl groups is 1. The number of carbonyl (C=O) groups is 1. The Hall–Kier alpha value is -2.13. The Balaban J connectivity index is 1.87.